The van der Waals surface area contributed by atoms with Crippen LogP contribution in [0.15, 0.2) is 41.0 Å². The third-order valence-electron chi connectivity index (χ3n) is 3.12. The Hall–Kier alpha value is -1.79. The molecular formula is C16H20N2O3S. The van der Waals surface area contributed by atoms with Crippen LogP contribution in [0.4, 0.5) is 0 Å². The lowest BCUT2D eigenvalue weighted by atomic mass is 10.2. The average molecular weight is 320 g/mol. The number of hydrogen-bond donors (Lipinski definition) is 2. The van der Waals surface area contributed by atoms with Crippen LogP contribution in [0.2, 0.25) is 0 Å². The zero-order chi connectivity index (χ0) is 15.8. The van der Waals surface area contributed by atoms with Gasteiger partial charge in [-0.25, -0.2) is 4.98 Å². The lowest BCUT2D eigenvalue weighted by molar-refractivity contribution is -0.121. The molecule has 2 rings (SSSR count). The van der Waals surface area contributed by atoms with E-state index in [1.807, 2.05) is 36.6 Å². The van der Waals surface area contributed by atoms with E-state index in [0.29, 0.717) is 18.0 Å². The van der Waals surface area contributed by atoms with Crippen LogP contribution in [0.5, 0.6) is 0 Å². The van der Waals surface area contributed by atoms with Crippen molar-refractivity contribution < 1.29 is 14.3 Å². The minimum atomic E-state index is -0.111. The quantitative estimate of drug-likeness (QED) is 0.779. The van der Waals surface area contributed by atoms with E-state index in [0.717, 1.165) is 11.3 Å². The van der Waals surface area contributed by atoms with Crippen LogP contribution in [0.25, 0.3) is 11.5 Å². The Bertz CT molecular complexity index is 580. The number of thioether (sulfide) groups is 1. The normalized spacial score (nSPS) is 12.1. The molecule has 0 bridgehead atoms. The first-order valence-corrected chi connectivity index (χ1v) is 8.51. The van der Waals surface area contributed by atoms with Gasteiger partial charge in [0.05, 0.1) is 12.1 Å². The number of nitrogens with one attached hydrogen (secondary N) is 1. The Kier molecular flexibility index (Phi) is 6.48. The smallest absolute Gasteiger partial charge is 0.226 e. The molecule has 6 heteroatoms. The molecular weight excluding hydrogens is 300 g/mol. The maximum absolute atomic E-state index is 12.0. The number of carbonyl (C=O) groups excluding carboxylic acids is 1. The van der Waals surface area contributed by atoms with Crippen molar-refractivity contribution in [3.63, 3.8) is 0 Å². The molecule has 2 aromatic rings. The molecule has 1 amide bonds. The zero-order valence-electron chi connectivity index (χ0n) is 12.5. The Labute approximate surface area is 134 Å². The third kappa shape index (κ3) is 4.89. The fourth-order valence-electron chi connectivity index (χ4n) is 2.10. The monoisotopic (exact) mass is 320 g/mol. The molecule has 118 valence electrons. The van der Waals surface area contributed by atoms with Gasteiger partial charge in [-0.2, -0.15) is 11.8 Å². The molecule has 1 heterocycles. The molecule has 0 fully saturated rings. The average Bonchev–Trinajstić information content (AvgIpc) is 2.97. The second-order valence-electron chi connectivity index (χ2n) is 4.92. The number of aromatic nitrogens is 1. The zero-order valence-corrected chi connectivity index (χ0v) is 13.3. The van der Waals surface area contributed by atoms with Crippen molar-refractivity contribution in [1.29, 1.82) is 0 Å². The summed E-state index contributed by atoms with van der Waals surface area (Å²) >= 11 is 1.64. The van der Waals surface area contributed by atoms with Crippen LogP contribution in [-0.2, 0) is 11.2 Å². The highest BCUT2D eigenvalue weighted by molar-refractivity contribution is 7.98. The van der Waals surface area contributed by atoms with Crippen molar-refractivity contribution in [2.24, 2.45) is 0 Å². The van der Waals surface area contributed by atoms with Gasteiger partial charge in [0.2, 0.25) is 11.8 Å². The van der Waals surface area contributed by atoms with Gasteiger partial charge >= 0.3 is 0 Å². The first-order valence-electron chi connectivity index (χ1n) is 7.12. The van der Waals surface area contributed by atoms with E-state index >= 15 is 0 Å². The third-order valence-corrected chi connectivity index (χ3v) is 3.86. The Morgan fingerprint density at radius 1 is 1.41 bits per heavy atom. The van der Waals surface area contributed by atoms with Crippen LogP contribution < -0.4 is 5.32 Å². The first kappa shape index (κ1) is 16.6. The second kappa shape index (κ2) is 8.60. The molecule has 5 nitrogen and oxygen atoms in total. The van der Waals surface area contributed by atoms with Gasteiger partial charge in [0, 0.05) is 24.0 Å². The lowest BCUT2D eigenvalue weighted by Gasteiger charge is -2.16. The van der Waals surface area contributed by atoms with E-state index in [4.69, 9.17) is 9.52 Å². The number of aliphatic hydroxyl groups is 1. The molecule has 0 aliphatic rings. The number of hydrogen-bond acceptors (Lipinski definition) is 5. The summed E-state index contributed by atoms with van der Waals surface area (Å²) in [6.45, 7) is 0.0631. The molecule has 2 N–H and O–H groups in total. The number of nitrogens with zero attached hydrogens (tertiary/aromatic N) is 1. The van der Waals surface area contributed by atoms with Gasteiger partial charge in [-0.05, 0) is 24.8 Å². The summed E-state index contributed by atoms with van der Waals surface area (Å²) in [6.07, 6.45) is 4.21. The molecule has 0 spiro atoms. The molecule has 0 saturated heterocycles. The summed E-state index contributed by atoms with van der Waals surface area (Å²) in [6, 6.07) is 9.54. The van der Waals surface area contributed by atoms with Crippen LogP contribution in [0.3, 0.4) is 0 Å². The van der Waals surface area contributed by atoms with E-state index in [9.17, 15) is 4.79 Å². The fourth-order valence-corrected chi connectivity index (χ4v) is 2.75. The second-order valence-corrected chi connectivity index (χ2v) is 5.83. The molecule has 1 unspecified atom stereocenters. The molecule has 1 aromatic carbocycles. The van der Waals surface area contributed by atoms with E-state index in [2.05, 4.69) is 10.3 Å². The summed E-state index contributed by atoms with van der Waals surface area (Å²) in [5.74, 6) is 1.18. The van der Waals surface area contributed by atoms with Gasteiger partial charge in [-0.1, -0.05) is 18.2 Å². The van der Waals surface area contributed by atoms with Gasteiger partial charge < -0.3 is 14.8 Å². The van der Waals surface area contributed by atoms with Crippen LogP contribution >= 0.6 is 11.8 Å². The molecule has 1 atom stereocenters. The van der Waals surface area contributed by atoms with Crippen molar-refractivity contribution in [1.82, 2.24) is 10.3 Å². The molecule has 1 aromatic heterocycles. The number of amides is 1. The maximum atomic E-state index is 12.0. The van der Waals surface area contributed by atoms with Crippen molar-refractivity contribution in [2.75, 3.05) is 18.6 Å². The molecule has 0 radical (unpaired) electrons. The standard InChI is InChI=1S/C16H20N2O3S/c1-22-11-13(7-8-19)17-15(20)9-14-10-21-16(18-14)12-5-3-2-4-6-12/h2-6,10,13,19H,7-9,11H2,1H3,(H,17,20). The van der Waals surface area contributed by atoms with E-state index in [-0.39, 0.29) is 25.0 Å². The fraction of sp³-hybridized carbons (Fsp3) is 0.375. The number of aliphatic hydroxyl groups excluding tert-OH is 1. The number of rotatable bonds is 8. The van der Waals surface area contributed by atoms with Crippen molar-refractivity contribution in [3.05, 3.63) is 42.3 Å². The Morgan fingerprint density at radius 2 is 2.18 bits per heavy atom. The predicted molar refractivity (Wildman–Crippen MR) is 87.7 cm³/mol. The van der Waals surface area contributed by atoms with Gasteiger partial charge in [0.15, 0.2) is 0 Å². The molecule has 0 aliphatic heterocycles. The van der Waals surface area contributed by atoms with Gasteiger partial charge in [0.1, 0.15) is 6.26 Å². The number of benzene rings is 1. The summed E-state index contributed by atoms with van der Waals surface area (Å²) in [7, 11) is 0. The largest absolute Gasteiger partial charge is 0.444 e. The minimum absolute atomic E-state index is 0.0204. The summed E-state index contributed by atoms with van der Waals surface area (Å²) in [5.41, 5.74) is 1.48. The molecule has 0 saturated carbocycles. The van der Waals surface area contributed by atoms with Gasteiger partial charge in [0.25, 0.3) is 0 Å². The summed E-state index contributed by atoms with van der Waals surface area (Å²) in [5, 5.41) is 11.9. The Balaban J connectivity index is 1.93. The number of carbonyl (C=O) groups is 1. The van der Waals surface area contributed by atoms with Crippen LogP contribution in [0, 0.1) is 0 Å². The van der Waals surface area contributed by atoms with E-state index in [1.165, 1.54) is 6.26 Å². The predicted octanol–water partition coefficient (Wildman–Crippen LogP) is 2.11. The van der Waals surface area contributed by atoms with Crippen LogP contribution in [0.1, 0.15) is 12.1 Å². The highest BCUT2D eigenvalue weighted by Crippen LogP contribution is 2.18. The number of oxazole rings is 1. The van der Waals surface area contributed by atoms with Crippen molar-refractivity contribution in [2.45, 2.75) is 18.9 Å². The highest BCUT2D eigenvalue weighted by atomic mass is 32.2. The minimum Gasteiger partial charge on any atom is -0.444 e. The SMILES string of the molecule is CSCC(CCO)NC(=O)Cc1coc(-c2ccccc2)n1. The summed E-state index contributed by atoms with van der Waals surface area (Å²) in [4.78, 5) is 16.4. The van der Waals surface area contributed by atoms with Crippen molar-refractivity contribution in [3.8, 4) is 11.5 Å². The van der Waals surface area contributed by atoms with E-state index < -0.39 is 0 Å². The topological polar surface area (TPSA) is 75.4 Å². The van der Waals surface area contributed by atoms with Gasteiger partial charge in [-0.15, -0.1) is 0 Å². The van der Waals surface area contributed by atoms with Crippen molar-refractivity contribution >= 4 is 17.7 Å². The maximum Gasteiger partial charge on any atom is 0.226 e. The van der Waals surface area contributed by atoms with Gasteiger partial charge in [-0.3, -0.25) is 4.79 Å². The highest BCUT2D eigenvalue weighted by Gasteiger charge is 2.14. The first-order chi connectivity index (χ1) is 10.7. The lowest BCUT2D eigenvalue weighted by Crippen LogP contribution is -2.38. The van der Waals surface area contributed by atoms with E-state index in [1.54, 1.807) is 11.8 Å². The molecule has 22 heavy (non-hydrogen) atoms. The molecule has 0 aliphatic carbocycles. The van der Waals surface area contributed by atoms with Crippen LogP contribution in [-0.4, -0.2) is 40.7 Å². The Morgan fingerprint density at radius 3 is 2.86 bits per heavy atom. The summed E-state index contributed by atoms with van der Waals surface area (Å²) < 4.78 is 5.42.